The van der Waals surface area contributed by atoms with E-state index < -0.39 is 0 Å². The van der Waals surface area contributed by atoms with E-state index in [9.17, 15) is 4.39 Å². The maximum atomic E-state index is 13.0. The zero-order chi connectivity index (χ0) is 14.4. The Balaban J connectivity index is 2.00. The van der Waals surface area contributed by atoms with Crippen molar-refractivity contribution >= 4 is 11.8 Å². The number of benzene rings is 1. The summed E-state index contributed by atoms with van der Waals surface area (Å²) < 4.78 is 13.0. The first-order chi connectivity index (χ1) is 9.72. The molecule has 0 heterocycles. The second-order valence-corrected chi connectivity index (χ2v) is 7.07. The highest BCUT2D eigenvalue weighted by Gasteiger charge is 2.29. The first kappa shape index (κ1) is 15.8. The van der Waals surface area contributed by atoms with Crippen molar-refractivity contribution in [2.24, 2.45) is 5.92 Å². The van der Waals surface area contributed by atoms with Crippen LogP contribution in [0.2, 0.25) is 0 Å². The van der Waals surface area contributed by atoms with Gasteiger partial charge in [0.05, 0.1) is 0 Å². The van der Waals surface area contributed by atoms with Gasteiger partial charge in [0.2, 0.25) is 0 Å². The second-order valence-electron chi connectivity index (χ2n) is 5.76. The third-order valence-electron chi connectivity index (χ3n) is 4.24. The Bertz CT molecular complexity index is 392. The monoisotopic (exact) mass is 295 g/mol. The summed E-state index contributed by atoms with van der Waals surface area (Å²) in [5, 5.41) is 4.32. The molecule has 1 aliphatic rings. The number of hydrogen-bond donors (Lipinski definition) is 1. The van der Waals surface area contributed by atoms with E-state index in [0.717, 1.165) is 12.5 Å². The topological polar surface area (TPSA) is 12.0 Å². The lowest BCUT2D eigenvalue weighted by molar-refractivity contribution is 0.295. The molecule has 3 heteroatoms. The lowest BCUT2D eigenvalue weighted by Gasteiger charge is -2.36. The molecular formula is C17H26FNS. The van der Waals surface area contributed by atoms with Crippen LogP contribution in [0.4, 0.5) is 4.39 Å². The van der Waals surface area contributed by atoms with Crippen molar-refractivity contribution in [2.75, 3.05) is 6.54 Å². The summed E-state index contributed by atoms with van der Waals surface area (Å²) in [7, 11) is 0. The fourth-order valence-electron chi connectivity index (χ4n) is 2.96. The van der Waals surface area contributed by atoms with E-state index in [1.54, 1.807) is 12.1 Å². The number of halogens is 1. The molecule has 0 radical (unpaired) electrons. The predicted octanol–water partition coefficient (Wildman–Crippen LogP) is 4.86. The van der Waals surface area contributed by atoms with E-state index in [0.29, 0.717) is 11.3 Å². The maximum absolute atomic E-state index is 13.0. The zero-order valence-electron chi connectivity index (χ0n) is 12.6. The second kappa shape index (κ2) is 8.04. The third-order valence-corrected chi connectivity index (χ3v) is 5.60. The van der Waals surface area contributed by atoms with Crippen molar-refractivity contribution in [3.63, 3.8) is 0 Å². The molecule has 1 saturated carbocycles. The Kier molecular flexibility index (Phi) is 6.37. The van der Waals surface area contributed by atoms with Crippen LogP contribution in [0.3, 0.4) is 0 Å². The zero-order valence-corrected chi connectivity index (χ0v) is 13.4. The minimum Gasteiger partial charge on any atom is -0.313 e. The van der Waals surface area contributed by atoms with E-state index in [1.165, 1.54) is 37.0 Å². The van der Waals surface area contributed by atoms with E-state index >= 15 is 0 Å². The molecule has 1 nitrogen and oxygen atoms in total. The Hall–Kier alpha value is -0.540. The maximum Gasteiger partial charge on any atom is 0.123 e. The molecule has 0 spiro atoms. The Morgan fingerprint density at radius 1 is 1.20 bits per heavy atom. The van der Waals surface area contributed by atoms with Crippen LogP contribution in [-0.4, -0.2) is 17.8 Å². The van der Waals surface area contributed by atoms with Crippen LogP contribution in [0.25, 0.3) is 0 Å². The molecular weight excluding hydrogens is 269 g/mol. The minimum absolute atomic E-state index is 0.148. The summed E-state index contributed by atoms with van der Waals surface area (Å²) in [6.45, 7) is 5.61. The fraction of sp³-hybridized carbons (Fsp3) is 0.647. The first-order valence-corrected chi connectivity index (χ1v) is 8.76. The average Bonchev–Trinajstić information content (AvgIpc) is 2.48. The summed E-state index contributed by atoms with van der Waals surface area (Å²) in [5.74, 6) is 0.706. The molecule has 1 aromatic carbocycles. The highest BCUT2D eigenvalue weighted by molar-refractivity contribution is 8.00. The van der Waals surface area contributed by atoms with Gasteiger partial charge in [0, 0.05) is 16.2 Å². The fourth-order valence-corrected chi connectivity index (χ4v) is 4.37. The highest BCUT2D eigenvalue weighted by atomic mass is 32.2. The van der Waals surface area contributed by atoms with Crippen LogP contribution in [0.5, 0.6) is 0 Å². The number of hydrogen-bond acceptors (Lipinski definition) is 2. The molecule has 20 heavy (non-hydrogen) atoms. The first-order valence-electron chi connectivity index (χ1n) is 7.88. The highest BCUT2D eigenvalue weighted by Crippen LogP contribution is 2.37. The van der Waals surface area contributed by atoms with Crippen LogP contribution < -0.4 is 5.32 Å². The van der Waals surface area contributed by atoms with Gasteiger partial charge >= 0.3 is 0 Å². The third kappa shape index (κ3) is 4.49. The molecule has 112 valence electrons. The summed E-state index contributed by atoms with van der Waals surface area (Å²) in [5.41, 5.74) is 0. The molecule has 0 aromatic heterocycles. The molecule has 1 aliphatic carbocycles. The van der Waals surface area contributed by atoms with Crippen LogP contribution in [-0.2, 0) is 0 Å². The van der Waals surface area contributed by atoms with Crippen molar-refractivity contribution in [1.29, 1.82) is 0 Å². The molecule has 1 N–H and O–H groups in total. The molecule has 0 aliphatic heterocycles. The van der Waals surface area contributed by atoms with Gasteiger partial charge < -0.3 is 5.32 Å². The molecule has 0 saturated heterocycles. The molecule has 1 fully saturated rings. The van der Waals surface area contributed by atoms with Crippen molar-refractivity contribution < 1.29 is 4.39 Å². The van der Waals surface area contributed by atoms with Crippen molar-refractivity contribution in [2.45, 2.75) is 62.1 Å². The minimum atomic E-state index is -0.148. The Morgan fingerprint density at radius 3 is 2.60 bits per heavy atom. The predicted molar refractivity (Wildman–Crippen MR) is 85.8 cm³/mol. The summed E-state index contributed by atoms with van der Waals surface area (Å²) in [6, 6.07) is 7.56. The largest absolute Gasteiger partial charge is 0.313 e. The molecule has 0 amide bonds. The lowest BCUT2D eigenvalue weighted by atomic mass is 9.84. The van der Waals surface area contributed by atoms with Gasteiger partial charge in [-0.3, -0.25) is 0 Å². The van der Waals surface area contributed by atoms with E-state index in [2.05, 4.69) is 19.2 Å². The summed E-state index contributed by atoms with van der Waals surface area (Å²) >= 11 is 1.92. The van der Waals surface area contributed by atoms with Gasteiger partial charge in [-0.05, 0) is 62.4 Å². The van der Waals surface area contributed by atoms with E-state index in [1.807, 2.05) is 23.9 Å². The van der Waals surface area contributed by atoms with Gasteiger partial charge in [0.1, 0.15) is 5.82 Å². The number of nitrogens with one attached hydrogen (secondary N) is 1. The van der Waals surface area contributed by atoms with Gasteiger partial charge in [-0.25, -0.2) is 4.39 Å². The van der Waals surface area contributed by atoms with E-state index in [4.69, 9.17) is 0 Å². The smallest absolute Gasteiger partial charge is 0.123 e. The van der Waals surface area contributed by atoms with Crippen molar-refractivity contribution in [1.82, 2.24) is 5.32 Å². The Morgan fingerprint density at radius 2 is 1.95 bits per heavy atom. The summed E-state index contributed by atoms with van der Waals surface area (Å²) in [6.07, 6.45) is 6.36. The normalized spacial score (nSPS) is 26.6. The van der Waals surface area contributed by atoms with Crippen LogP contribution in [0.15, 0.2) is 29.2 Å². The molecule has 0 bridgehead atoms. The quantitative estimate of drug-likeness (QED) is 0.804. The van der Waals surface area contributed by atoms with Crippen molar-refractivity contribution in [3.8, 4) is 0 Å². The lowest BCUT2D eigenvalue weighted by Crippen LogP contribution is -2.42. The van der Waals surface area contributed by atoms with Gasteiger partial charge in [-0.15, -0.1) is 11.8 Å². The van der Waals surface area contributed by atoms with Crippen LogP contribution >= 0.6 is 11.8 Å². The van der Waals surface area contributed by atoms with Gasteiger partial charge in [0.25, 0.3) is 0 Å². The molecule has 3 unspecified atom stereocenters. The van der Waals surface area contributed by atoms with Gasteiger partial charge in [-0.1, -0.05) is 20.3 Å². The van der Waals surface area contributed by atoms with Gasteiger partial charge in [0.15, 0.2) is 0 Å². The molecule has 1 aromatic rings. The SMILES string of the molecule is CCCNC1CCC(CC)CC1Sc1ccc(F)cc1. The van der Waals surface area contributed by atoms with Crippen molar-refractivity contribution in [3.05, 3.63) is 30.1 Å². The standard InChI is InChI=1S/C17H26FNS/c1-3-11-19-16-10-5-13(4-2)12-17(16)20-15-8-6-14(18)7-9-15/h6-9,13,16-17,19H,3-5,10-12H2,1-2H3. The van der Waals surface area contributed by atoms with Crippen LogP contribution in [0.1, 0.15) is 46.0 Å². The number of thioether (sulfide) groups is 1. The molecule has 3 atom stereocenters. The average molecular weight is 295 g/mol. The Labute approximate surface area is 126 Å². The summed E-state index contributed by atoms with van der Waals surface area (Å²) in [4.78, 5) is 1.19. The van der Waals surface area contributed by atoms with Gasteiger partial charge in [-0.2, -0.15) is 0 Å². The van der Waals surface area contributed by atoms with E-state index in [-0.39, 0.29) is 5.82 Å². The molecule has 2 rings (SSSR count). The number of rotatable bonds is 6. The van der Waals surface area contributed by atoms with Crippen LogP contribution in [0, 0.1) is 11.7 Å².